The molecule has 27 heavy (non-hydrogen) atoms. The Morgan fingerprint density at radius 1 is 1.33 bits per heavy atom. The maximum Gasteiger partial charge on any atom is 0.233 e. The van der Waals surface area contributed by atoms with Crippen molar-refractivity contribution in [1.29, 1.82) is 0 Å². The summed E-state index contributed by atoms with van der Waals surface area (Å²) in [6.45, 7) is 0.842. The number of thiophene rings is 1. The summed E-state index contributed by atoms with van der Waals surface area (Å²) in [5.74, 6) is 1.40. The van der Waals surface area contributed by atoms with Crippen LogP contribution in [0.25, 0.3) is 5.69 Å². The average Bonchev–Trinajstić information content (AvgIpc) is 3.47. The maximum atomic E-state index is 12.8. The van der Waals surface area contributed by atoms with Crippen LogP contribution in [0.5, 0.6) is 5.75 Å². The Kier molecular flexibility index (Phi) is 5.50. The molecule has 0 bridgehead atoms. The molecule has 0 spiro atoms. The zero-order valence-electron chi connectivity index (χ0n) is 15.1. The molecule has 0 unspecified atom stereocenters. The van der Waals surface area contributed by atoms with Gasteiger partial charge >= 0.3 is 0 Å². The van der Waals surface area contributed by atoms with Gasteiger partial charge in [0.25, 0.3) is 0 Å². The number of amides is 1. The van der Waals surface area contributed by atoms with Crippen LogP contribution in [0, 0.1) is 0 Å². The molecule has 0 N–H and O–H groups in total. The number of likely N-dealkylation sites (tertiary alicyclic amines) is 1. The summed E-state index contributed by atoms with van der Waals surface area (Å²) < 4.78 is 7.21. The molecule has 0 saturated carbocycles. The molecule has 0 aliphatic carbocycles. The first kappa shape index (κ1) is 18.1. The lowest BCUT2D eigenvalue weighted by atomic mass is 10.2. The number of hydrogen-bond donors (Lipinski definition) is 0. The van der Waals surface area contributed by atoms with Gasteiger partial charge in [0, 0.05) is 29.5 Å². The molecule has 1 amide bonds. The highest BCUT2D eigenvalue weighted by Gasteiger charge is 2.30. The van der Waals surface area contributed by atoms with Gasteiger partial charge in [-0.25, -0.2) is 4.98 Å². The Balaban J connectivity index is 1.43. The molecule has 5 nitrogen and oxygen atoms in total. The molecule has 1 saturated heterocycles. The van der Waals surface area contributed by atoms with Crippen LogP contribution in [0.4, 0.5) is 0 Å². The lowest BCUT2D eigenvalue weighted by Crippen LogP contribution is -2.31. The number of carbonyl (C=O) groups is 1. The second kappa shape index (κ2) is 8.19. The summed E-state index contributed by atoms with van der Waals surface area (Å²) in [6.07, 6.45) is 5.80. The van der Waals surface area contributed by atoms with E-state index in [2.05, 4.69) is 22.5 Å². The topological polar surface area (TPSA) is 47.4 Å². The first-order valence-electron chi connectivity index (χ1n) is 8.89. The van der Waals surface area contributed by atoms with E-state index in [-0.39, 0.29) is 11.9 Å². The van der Waals surface area contributed by atoms with E-state index in [9.17, 15) is 4.79 Å². The van der Waals surface area contributed by atoms with E-state index in [1.807, 2.05) is 39.9 Å². The Bertz CT molecular complexity index is 890. The minimum absolute atomic E-state index is 0.181. The largest absolute Gasteiger partial charge is 0.497 e. The van der Waals surface area contributed by atoms with E-state index in [0.717, 1.165) is 36.0 Å². The molecule has 4 rings (SSSR count). The first-order valence-corrected chi connectivity index (χ1v) is 10.8. The highest BCUT2D eigenvalue weighted by molar-refractivity contribution is 7.99. The molecule has 0 radical (unpaired) electrons. The number of rotatable bonds is 6. The van der Waals surface area contributed by atoms with Gasteiger partial charge in [-0.1, -0.05) is 17.8 Å². The Hall–Kier alpha value is -2.25. The summed E-state index contributed by atoms with van der Waals surface area (Å²) in [6, 6.07) is 12.2. The van der Waals surface area contributed by atoms with Gasteiger partial charge in [-0.15, -0.1) is 11.3 Å². The van der Waals surface area contributed by atoms with Crippen molar-refractivity contribution in [1.82, 2.24) is 14.5 Å². The van der Waals surface area contributed by atoms with E-state index in [0.29, 0.717) is 5.75 Å². The van der Waals surface area contributed by atoms with Crippen molar-refractivity contribution >= 4 is 29.0 Å². The standard InChI is InChI=1S/C20H21N3O2S2/c1-25-16-8-6-15(7-9-16)22-12-10-21-20(22)27-14-19(24)23-11-2-4-17(23)18-5-3-13-26-18/h3,5-10,12-13,17H,2,4,11,14H2,1H3/t17-/m0/s1. The van der Waals surface area contributed by atoms with Crippen LogP contribution in [0.2, 0.25) is 0 Å². The Labute approximate surface area is 167 Å². The Morgan fingerprint density at radius 3 is 2.93 bits per heavy atom. The molecule has 3 heterocycles. The third kappa shape index (κ3) is 3.89. The number of ether oxygens (including phenoxy) is 1. The number of carbonyl (C=O) groups excluding carboxylic acids is 1. The fourth-order valence-electron chi connectivity index (χ4n) is 3.39. The van der Waals surface area contributed by atoms with Crippen molar-refractivity contribution in [3.63, 3.8) is 0 Å². The van der Waals surface area contributed by atoms with Crippen LogP contribution in [-0.2, 0) is 4.79 Å². The molecule has 2 aromatic heterocycles. The third-order valence-electron chi connectivity index (χ3n) is 4.73. The summed E-state index contributed by atoms with van der Waals surface area (Å²) in [5.41, 5.74) is 1.00. The van der Waals surface area contributed by atoms with Gasteiger partial charge in [0.05, 0.1) is 18.9 Å². The predicted molar refractivity (Wildman–Crippen MR) is 109 cm³/mol. The highest BCUT2D eigenvalue weighted by atomic mass is 32.2. The fourth-order valence-corrected chi connectivity index (χ4v) is 5.12. The number of benzene rings is 1. The van der Waals surface area contributed by atoms with Gasteiger partial charge < -0.3 is 9.64 Å². The quantitative estimate of drug-likeness (QED) is 0.577. The number of hydrogen-bond acceptors (Lipinski definition) is 5. The summed E-state index contributed by atoms with van der Waals surface area (Å²) >= 11 is 3.22. The smallest absolute Gasteiger partial charge is 0.233 e. The minimum atomic E-state index is 0.181. The van der Waals surface area contributed by atoms with Crippen LogP contribution in [0.3, 0.4) is 0 Å². The van der Waals surface area contributed by atoms with Crippen molar-refractivity contribution < 1.29 is 9.53 Å². The number of nitrogens with zero attached hydrogens (tertiary/aromatic N) is 3. The lowest BCUT2D eigenvalue weighted by Gasteiger charge is -2.23. The van der Waals surface area contributed by atoms with Crippen LogP contribution in [0.1, 0.15) is 23.8 Å². The number of methoxy groups -OCH3 is 1. The maximum absolute atomic E-state index is 12.8. The molecule has 1 fully saturated rings. The second-order valence-electron chi connectivity index (χ2n) is 6.33. The summed E-state index contributed by atoms with van der Waals surface area (Å²) in [5, 5.41) is 2.90. The van der Waals surface area contributed by atoms with Crippen molar-refractivity contribution in [2.45, 2.75) is 24.0 Å². The molecule has 7 heteroatoms. The van der Waals surface area contributed by atoms with Gasteiger partial charge in [0.1, 0.15) is 5.75 Å². The third-order valence-corrected chi connectivity index (χ3v) is 6.65. The molecule has 1 aliphatic heterocycles. The van der Waals surface area contributed by atoms with E-state index in [4.69, 9.17) is 4.74 Å². The predicted octanol–water partition coefficient (Wildman–Crippen LogP) is 4.40. The summed E-state index contributed by atoms with van der Waals surface area (Å²) in [7, 11) is 1.65. The molecule has 140 valence electrons. The summed E-state index contributed by atoms with van der Waals surface area (Å²) in [4.78, 5) is 20.6. The van der Waals surface area contributed by atoms with Gasteiger partial charge in [-0.3, -0.25) is 9.36 Å². The van der Waals surface area contributed by atoms with Gasteiger partial charge in [-0.05, 0) is 48.6 Å². The van der Waals surface area contributed by atoms with E-state index < -0.39 is 0 Å². The van der Waals surface area contributed by atoms with Crippen molar-refractivity contribution in [3.05, 3.63) is 59.0 Å². The van der Waals surface area contributed by atoms with Crippen LogP contribution in [-0.4, -0.2) is 39.8 Å². The molecule has 3 aromatic rings. The molecular formula is C20H21N3O2S2. The second-order valence-corrected chi connectivity index (χ2v) is 8.25. The lowest BCUT2D eigenvalue weighted by molar-refractivity contribution is -0.129. The number of imidazole rings is 1. The molecule has 1 atom stereocenters. The zero-order chi connectivity index (χ0) is 18.6. The minimum Gasteiger partial charge on any atom is -0.497 e. The van der Waals surface area contributed by atoms with Crippen LogP contribution < -0.4 is 4.74 Å². The van der Waals surface area contributed by atoms with Crippen LogP contribution >= 0.6 is 23.1 Å². The number of aromatic nitrogens is 2. The normalized spacial score (nSPS) is 16.6. The first-order chi connectivity index (χ1) is 13.3. The van der Waals surface area contributed by atoms with Crippen molar-refractivity contribution in [2.24, 2.45) is 0 Å². The monoisotopic (exact) mass is 399 g/mol. The fraction of sp³-hybridized carbons (Fsp3) is 0.300. The zero-order valence-corrected chi connectivity index (χ0v) is 16.7. The van der Waals surface area contributed by atoms with Crippen molar-refractivity contribution in [2.75, 3.05) is 19.4 Å². The molecular weight excluding hydrogens is 378 g/mol. The Morgan fingerprint density at radius 2 is 2.19 bits per heavy atom. The van der Waals surface area contributed by atoms with Crippen LogP contribution in [0.15, 0.2) is 59.3 Å². The van der Waals surface area contributed by atoms with Gasteiger partial charge in [0.15, 0.2) is 5.16 Å². The molecule has 1 aromatic carbocycles. The highest BCUT2D eigenvalue weighted by Crippen LogP contribution is 2.35. The van der Waals surface area contributed by atoms with Gasteiger partial charge in [0.2, 0.25) is 5.91 Å². The average molecular weight is 400 g/mol. The van der Waals surface area contributed by atoms with E-state index in [1.54, 1.807) is 24.6 Å². The SMILES string of the molecule is COc1ccc(-n2ccnc2SCC(=O)N2CCC[C@H]2c2cccs2)cc1. The molecule has 1 aliphatic rings. The van der Waals surface area contributed by atoms with Crippen molar-refractivity contribution in [3.8, 4) is 11.4 Å². The van der Waals surface area contributed by atoms with E-state index in [1.165, 1.54) is 16.6 Å². The van der Waals surface area contributed by atoms with E-state index >= 15 is 0 Å². The van der Waals surface area contributed by atoms with Gasteiger partial charge in [-0.2, -0.15) is 0 Å². The number of thioether (sulfide) groups is 1.